The van der Waals surface area contributed by atoms with Gasteiger partial charge in [-0.05, 0) is 50.3 Å². The number of carbonyl (C=O) groups is 1. The number of hydrogen-bond donors (Lipinski definition) is 0. The molecule has 0 bridgehead atoms. The van der Waals surface area contributed by atoms with Crippen molar-refractivity contribution in [1.82, 2.24) is 4.90 Å². The van der Waals surface area contributed by atoms with Crippen molar-refractivity contribution in [1.29, 1.82) is 0 Å². The molecule has 3 rings (SSSR count). The fourth-order valence-corrected chi connectivity index (χ4v) is 3.82. The van der Waals surface area contributed by atoms with E-state index in [2.05, 4.69) is 0 Å². The Hall–Kier alpha value is -1.60. The number of rotatable bonds is 8. The zero-order valence-electron chi connectivity index (χ0n) is 15.2. The number of nitrogens with zero attached hydrogens (tertiary/aromatic N) is 1. The molecule has 26 heavy (non-hydrogen) atoms. The minimum Gasteiger partial charge on any atom is -0.382 e. The lowest BCUT2D eigenvalue weighted by Gasteiger charge is -2.33. The Bertz CT molecular complexity index is 723. The molecule has 6 nitrogen and oxygen atoms in total. The Morgan fingerprint density at radius 2 is 2.08 bits per heavy atom. The Labute approximate surface area is 155 Å². The average molecular weight is 381 g/mol. The van der Waals surface area contributed by atoms with Gasteiger partial charge in [-0.15, -0.1) is 0 Å². The lowest BCUT2D eigenvalue weighted by Crippen LogP contribution is -2.42. The minimum absolute atomic E-state index is 0.0808. The molecule has 1 saturated carbocycles. The van der Waals surface area contributed by atoms with Crippen molar-refractivity contribution < 1.29 is 22.1 Å². The zero-order chi connectivity index (χ0) is 18.6. The van der Waals surface area contributed by atoms with Crippen LogP contribution in [0.1, 0.15) is 44.6 Å². The molecule has 0 spiro atoms. The molecule has 1 aromatic rings. The summed E-state index contributed by atoms with van der Waals surface area (Å²) in [6.07, 6.45) is 5.14. The van der Waals surface area contributed by atoms with E-state index in [0.717, 1.165) is 44.3 Å². The van der Waals surface area contributed by atoms with Gasteiger partial charge < -0.3 is 13.8 Å². The molecular formula is C19H27NO5S. The topological polar surface area (TPSA) is 72.9 Å². The maximum Gasteiger partial charge on any atom is 0.308 e. The summed E-state index contributed by atoms with van der Waals surface area (Å²) >= 11 is 0. The molecule has 1 aliphatic heterocycles. The largest absolute Gasteiger partial charge is 0.382 e. The van der Waals surface area contributed by atoms with Crippen LogP contribution in [0.5, 0.6) is 5.75 Å². The first-order valence-corrected chi connectivity index (χ1v) is 11.0. The van der Waals surface area contributed by atoms with Crippen molar-refractivity contribution in [2.45, 2.75) is 51.7 Å². The summed E-state index contributed by atoms with van der Waals surface area (Å²) < 4.78 is 34.1. The molecular weight excluding hydrogens is 354 g/mol. The van der Waals surface area contributed by atoms with Crippen molar-refractivity contribution >= 4 is 16.0 Å². The molecule has 2 aliphatic rings. The molecule has 1 aromatic carbocycles. The lowest BCUT2D eigenvalue weighted by atomic mass is 9.84. The monoisotopic (exact) mass is 381 g/mol. The van der Waals surface area contributed by atoms with Crippen molar-refractivity contribution in [3.8, 4) is 5.75 Å². The van der Waals surface area contributed by atoms with Crippen LogP contribution in [0.2, 0.25) is 0 Å². The highest BCUT2D eigenvalue weighted by atomic mass is 32.2. The summed E-state index contributed by atoms with van der Waals surface area (Å²) in [5.41, 5.74) is 0.861. The van der Waals surface area contributed by atoms with Crippen molar-refractivity contribution in [2.75, 3.05) is 18.9 Å². The van der Waals surface area contributed by atoms with E-state index in [1.807, 2.05) is 11.0 Å². The highest BCUT2D eigenvalue weighted by Crippen LogP contribution is 2.30. The Morgan fingerprint density at radius 1 is 1.27 bits per heavy atom. The van der Waals surface area contributed by atoms with Crippen LogP contribution >= 0.6 is 0 Å². The van der Waals surface area contributed by atoms with Gasteiger partial charge in [0.05, 0.1) is 11.9 Å². The average Bonchev–Trinajstić information content (AvgIpc) is 3.05. The summed E-state index contributed by atoms with van der Waals surface area (Å²) in [6, 6.07) is 6.97. The lowest BCUT2D eigenvalue weighted by molar-refractivity contribution is -0.140. The van der Waals surface area contributed by atoms with Gasteiger partial charge >= 0.3 is 10.1 Å². The third-order valence-corrected chi connectivity index (χ3v) is 6.22. The number of hydrogen-bond acceptors (Lipinski definition) is 5. The number of ether oxygens (including phenoxy) is 1. The standard InChI is InChI=1S/C19H27NO5S/c1-2-26(22,23)25-17-9-3-6-15(12-17)13-20(14-18-10-5-11-24-18)19(21)16-7-4-8-16/h3,6,9,12,16,18H,2,4-5,7-8,10-11,13-14H2,1H3/t18-/m0/s1. The SMILES string of the molecule is CCS(=O)(=O)Oc1cccc(CN(C[C@@H]2CCCO2)C(=O)C2CCC2)c1. The van der Waals surface area contributed by atoms with Crippen LogP contribution in [0.4, 0.5) is 0 Å². The van der Waals surface area contributed by atoms with Gasteiger partial charge in [0.1, 0.15) is 5.75 Å². The second-order valence-electron chi connectivity index (χ2n) is 7.06. The van der Waals surface area contributed by atoms with Gasteiger partial charge in [-0.25, -0.2) is 0 Å². The molecule has 1 saturated heterocycles. The van der Waals surface area contributed by atoms with Crippen molar-refractivity contribution in [3.63, 3.8) is 0 Å². The maximum absolute atomic E-state index is 12.8. The van der Waals surface area contributed by atoms with Crippen LogP contribution < -0.4 is 4.18 Å². The molecule has 1 atom stereocenters. The van der Waals surface area contributed by atoms with Gasteiger partial charge in [-0.2, -0.15) is 8.42 Å². The first kappa shape index (κ1) is 19.2. The molecule has 0 radical (unpaired) electrons. The molecule has 1 amide bonds. The fraction of sp³-hybridized carbons (Fsp3) is 0.632. The first-order valence-electron chi connectivity index (χ1n) is 9.38. The summed E-state index contributed by atoms with van der Waals surface area (Å²) in [7, 11) is -3.56. The van der Waals surface area contributed by atoms with E-state index in [-0.39, 0.29) is 29.4 Å². The van der Waals surface area contributed by atoms with Crippen LogP contribution in [-0.4, -0.2) is 44.2 Å². The second kappa shape index (κ2) is 8.39. The quantitative estimate of drug-likeness (QED) is 0.648. The van der Waals surface area contributed by atoms with E-state index in [4.69, 9.17) is 8.92 Å². The second-order valence-corrected chi connectivity index (χ2v) is 8.92. The smallest absolute Gasteiger partial charge is 0.308 e. The van der Waals surface area contributed by atoms with Gasteiger partial charge in [0.15, 0.2) is 0 Å². The molecule has 144 valence electrons. The predicted molar refractivity (Wildman–Crippen MR) is 98.3 cm³/mol. The molecule has 7 heteroatoms. The molecule has 0 N–H and O–H groups in total. The third kappa shape index (κ3) is 4.98. The van der Waals surface area contributed by atoms with E-state index in [1.54, 1.807) is 25.1 Å². The van der Waals surface area contributed by atoms with E-state index >= 15 is 0 Å². The number of carbonyl (C=O) groups excluding carboxylic acids is 1. The normalized spacial score (nSPS) is 20.6. The van der Waals surface area contributed by atoms with Gasteiger partial charge in [-0.3, -0.25) is 4.79 Å². The molecule has 2 fully saturated rings. The van der Waals surface area contributed by atoms with Crippen LogP contribution in [0.3, 0.4) is 0 Å². The summed E-state index contributed by atoms with van der Waals surface area (Å²) in [5, 5.41) is 0. The Kier molecular flexibility index (Phi) is 6.19. The summed E-state index contributed by atoms with van der Waals surface area (Å²) in [5.74, 6) is 0.510. The van der Waals surface area contributed by atoms with Gasteiger partial charge in [0, 0.05) is 25.6 Å². The Morgan fingerprint density at radius 3 is 2.69 bits per heavy atom. The maximum atomic E-state index is 12.8. The third-order valence-electron chi connectivity index (χ3n) is 5.06. The van der Waals surface area contributed by atoms with Crippen molar-refractivity contribution in [3.05, 3.63) is 29.8 Å². The van der Waals surface area contributed by atoms with E-state index in [0.29, 0.717) is 13.1 Å². The van der Waals surface area contributed by atoms with Crippen molar-refractivity contribution in [2.24, 2.45) is 5.92 Å². The minimum atomic E-state index is -3.56. The molecule has 1 aliphatic carbocycles. The highest BCUT2D eigenvalue weighted by Gasteiger charge is 2.31. The number of amides is 1. The van der Waals surface area contributed by atoms with Gasteiger partial charge in [0.25, 0.3) is 0 Å². The van der Waals surface area contributed by atoms with Crippen LogP contribution in [0, 0.1) is 5.92 Å². The molecule has 0 aromatic heterocycles. The van der Waals surface area contributed by atoms with Crippen LogP contribution in [0.25, 0.3) is 0 Å². The van der Waals surface area contributed by atoms with E-state index in [9.17, 15) is 13.2 Å². The Balaban J connectivity index is 1.71. The molecule has 0 unspecified atom stereocenters. The predicted octanol–water partition coefficient (Wildman–Crippen LogP) is 2.72. The summed E-state index contributed by atoms with van der Waals surface area (Å²) in [4.78, 5) is 14.7. The highest BCUT2D eigenvalue weighted by molar-refractivity contribution is 7.87. The molecule has 1 heterocycles. The van der Waals surface area contributed by atoms with Gasteiger partial charge in [0.2, 0.25) is 5.91 Å². The first-order chi connectivity index (χ1) is 12.5. The van der Waals surface area contributed by atoms with Crippen LogP contribution in [0.15, 0.2) is 24.3 Å². The van der Waals surface area contributed by atoms with Crippen LogP contribution in [-0.2, 0) is 26.2 Å². The summed E-state index contributed by atoms with van der Waals surface area (Å²) in [6.45, 7) is 3.33. The van der Waals surface area contributed by atoms with Gasteiger partial charge in [-0.1, -0.05) is 18.6 Å². The van der Waals surface area contributed by atoms with E-state index < -0.39 is 10.1 Å². The number of benzene rings is 1. The zero-order valence-corrected chi connectivity index (χ0v) is 16.0. The fourth-order valence-electron chi connectivity index (χ4n) is 3.30. The van der Waals surface area contributed by atoms with E-state index in [1.165, 1.54) is 0 Å².